The maximum Gasteiger partial charge on any atom is 0.337 e. The number of esters is 1. The molecular formula is C16H15N3O5S. The second-order valence-corrected chi connectivity index (χ2v) is 7.10. The molecule has 1 aromatic heterocycles. The Bertz CT molecular complexity index is 1130. The van der Waals surface area contributed by atoms with Crippen LogP contribution in [0, 0.1) is 6.92 Å². The van der Waals surface area contributed by atoms with Gasteiger partial charge in [-0.1, -0.05) is 6.07 Å². The van der Waals surface area contributed by atoms with E-state index >= 15 is 0 Å². The van der Waals surface area contributed by atoms with Gasteiger partial charge in [-0.3, -0.25) is 4.72 Å². The van der Waals surface area contributed by atoms with E-state index < -0.39 is 21.7 Å². The first-order valence-corrected chi connectivity index (χ1v) is 8.72. The van der Waals surface area contributed by atoms with Gasteiger partial charge >= 0.3 is 11.7 Å². The minimum absolute atomic E-state index is 0.0156. The number of hydrogen-bond acceptors (Lipinski definition) is 5. The summed E-state index contributed by atoms with van der Waals surface area (Å²) in [6, 6.07) is 8.82. The molecule has 9 heteroatoms. The lowest BCUT2D eigenvalue weighted by molar-refractivity contribution is 0.0601. The van der Waals surface area contributed by atoms with Crippen molar-refractivity contribution in [2.75, 3.05) is 11.8 Å². The molecule has 3 rings (SSSR count). The van der Waals surface area contributed by atoms with Gasteiger partial charge in [0.2, 0.25) is 0 Å². The number of H-pyrrole nitrogens is 2. The van der Waals surface area contributed by atoms with Crippen LogP contribution in [0.2, 0.25) is 0 Å². The van der Waals surface area contributed by atoms with Gasteiger partial charge in [0.15, 0.2) is 0 Å². The fraction of sp³-hybridized carbons (Fsp3) is 0.125. The molecule has 0 spiro atoms. The summed E-state index contributed by atoms with van der Waals surface area (Å²) < 4.78 is 32.3. The Morgan fingerprint density at radius 2 is 1.80 bits per heavy atom. The minimum Gasteiger partial charge on any atom is -0.465 e. The summed E-state index contributed by atoms with van der Waals surface area (Å²) in [4.78, 5) is 28.0. The molecule has 1 heterocycles. The molecule has 0 aliphatic heterocycles. The predicted octanol–water partition coefficient (Wildman–Crippen LogP) is 1.75. The molecule has 0 bridgehead atoms. The largest absolute Gasteiger partial charge is 0.465 e. The first kappa shape index (κ1) is 16.8. The number of aromatic nitrogens is 2. The number of ether oxygens (including phenoxy) is 1. The molecule has 3 aromatic rings. The Morgan fingerprint density at radius 3 is 2.52 bits per heavy atom. The summed E-state index contributed by atoms with van der Waals surface area (Å²) >= 11 is 0. The zero-order valence-electron chi connectivity index (χ0n) is 13.4. The fourth-order valence-corrected chi connectivity index (χ4v) is 3.51. The van der Waals surface area contributed by atoms with E-state index in [1.165, 1.54) is 31.4 Å². The number of benzene rings is 2. The van der Waals surface area contributed by atoms with Crippen LogP contribution in [0.25, 0.3) is 11.0 Å². The Labute approximate surface area is 142 Å². The third kappa shape index (κ3) is 3.26. The van der Waals surface area contributed by atoms with Crippen molar-refractivity contribution in [3.63, 3.8) is 0 Å². The summed E-state index contributed by atoms with van der Waals surface area (Å²) in [5.74, 6) is -0.563. The van der Waals surface area contributed by atoms with E-state index in [0.29, 0.717) is 16.6 Å². The summed E-state index contributed by atoms with van der Waals surface area (Å²) in [6.45, 7) is 1.71. The topological polar surface area (TPSA) is 121 Å². The number of anilines is 1. The first-order valence-electron chi connectivity index (χ1n) is 7.24. The third-order valence-corrected chi connectivity index (χ3v) is 5.06. The number of hydrogen-bond donors (Lipinski definition) is 3. The van der Waals surface area contributed by atoms with Crippen molar-refractivity contribution in [1.29, 1.82) is 0 Å². The zero-order valence-corrected chi connectivity index (χ0v) is 14.2. The second kappa shape index (κ2) is 6.10. The van der Waals surface area contributed by atoms with Crippen molar-refractivity contribution >= 4 is 32.7 Å². The Balaban J connectivity index is 2.00. The van der Waals surface area contributed by atoms with E-state index in [-0.39, 0.29) is 16.1 Å². The highest BCUT2D eigenvalue weighted by molar-refractivity contribution is 7.92. The lowest BCUT2D eigenvalue weighted by atomic mass is 10.1. The molecule has 0 saturated heterocycles. The number of fused-ring (bicyclic) bond motifs is 1. The van der Waals surface area contributed by atoms with Crippen molar-refractivity contribution in [3.05, 3.63) is 58.0 Å². The Kier molecular flexibility index (Phi) is 4.09. The maximum absolute atomic E-state index is 12.6. The quantitative estimate of drug-likeness (QED) is 0.611. The van der Waals surface area contributed by atoms with Gasteiger partial charge < -0.3 is 14.7 Å². The molecule has 8 nitrogen and oxygen atoms in total. The number of aromatic amines is 2. The second-order valence-electron chi connectivity index (χ2n) is 5.41. The van der Waals surface area contributed by atoms with Crippen molar-refractivity contribution < 1.29 is 17.9 Å². The lowest BCUT2D eigenvalue weighted by Crippen LogP contribution is -2.14. The lowest BCUT2D eigenvalue weighted by Gasteiger charge is -2.12. The summed E-state index contributed by atoms with van der Waals surface area (Å²) in [6.07, 6.45) is 0. The highest BCUT2D eigenvalue weighted by Gasteiger charge is 2.18. The molecule has 130 valence electrons. The normalized spacial score (nSPS) is 11.4. The third-order valence-electron chi connectivity index (χ3n) is 3.70. The number of carbonyl (C=O) groups is 1. The van der Waals surface area contributed by atoms with E-state index in [1.54, 1.807) is 19.1 Å². The van der Waals surface area contributed by atoms with Gasteiger partial charge in [-0.25, -0.2) is 18.0 Å². The smallest absolute Gasteiger partial charge is 0.337 e. The van der Waals surface area contributed by atoms with Crippen LogP contribution in [0.3, 0.4) is 0 Å². The first-order chi connectivity index (χ1) is 11.8. The molecule has 0 fully saturated rings. The standard InChI is InChI=1S/C16H15N3O5S/c1-9-3-4-10(15(20)24-2)7-13(9)19-25(22,23)11-5-6-12-14(8-11)18-16(21)17-12/h3-8,19H,1-2H3,(H2,17,18,21). The molecule has 3 N–H and O–H groups in total. The van der Waals surface area contributed by atoms with Crippen LogP contribution in [0.15, 0.2) is 46.1 Å². The van der Waals surface area contributed by atoms with E-state index in [9.17, 15) is 18.0 Å². The number of rotatable bonds is 4. The van der Waals surface area contributed by atoms with Gasteiger partial charge in [-0.05, 0) is 42.8 Å². The minimum atomic E-state index is -3.91. The van der Waals surface area contributed by atoms with Gasteiger partial charge in [-0.15, -0.1) is 0 Å². The fourth-order valence-electron chi connectivity index (χ4n) is 2.36. The average molecular weight is 361 g/mol. The van der Waals surface area contributed by atoms with Crippen LogP contribution in [0.4, 0.5) is 5.69 Å². The van der Waals surface area contributed by atoms with E-state index in [1.807, 2.05) is 0 Å². The van der Waals surface area contributed by atoms with E-state index in [2.05, 4.69) is 19.4 Å². The average Bonchev–Trinajstić information content (AvgIpc) is 2.95. The summed E-state index contributed by atoms with van der Waals surface area (Å²) in [5.41, 5.74) is 1.62. The van der Waals surface area contributed by atoms with Crippen LogP contribution >= 0.6 is 0 Å². The molecule has 0 aliphatic rings. The molecule has 0 unspecified atom stereocenters. The van der Waals surface area contributed by atoms with Gasteiger partial charge in [0.1, 0.15) is 0 Å². The van der Waals surface area contributed by atoms with Crippen molar-refractivity contribution in [3.8, 4) is 0 Å². The van der Waals surface area contributed by atoms with Crippen molar-refractivity contribution in [2.45, 2.75) is 11.8 Å². The Morgan fingerprint density at radius 1 is 1.08 bits per heavy atom. The predicted molar refractivity (Wildman–Crippen MR) is 92.2 cm³/mol. The molecule has 0 aliphatic carbocycles. The van der Waals surface area contributed by atoms with Crippen LogP contribution < -0.4 is 10.4 Å². The molecule has 25 heavy (non-hydrogen) atoms. The molecule has 0 atom stereocenters. The van der Waals surface area contributed by atoms with E-state index in [0.717, 1.165) is 0 Å². The highest BCUT2D eigenvalue weighted by atomic mass is 32.2. The monoisotopic (exact) mass is 361 g/mol. The van der Waals surface area contributed by atoms with Crippen LogP contribution in [0.5, 0.6) is 0 Å². The molecule has 0 amide bonds. The van der Waals surface area contributed by atoms with Crippen molar-refractivity contribution in [1.82, 2.24) is 9.97 Å². The van der Waals surface area contributed by atoms with Crippen LogP contribution in [-0.4, -0.2) is 31.5 Å². The number of aryl methyl sites for hydroxylation is 1. The summed E-state index contributed by atoms with van der Waals surface area (Å²) in [7, 11) is -2.66. The SMILES string of the molecule is COC(=O)c1ccc(C)c(NS(=O)(=O)c2ccc3[nH]c(=O)[nH]c3c2)c1. The van der Waals surface area contributed by atoms with Crippen LogP contribution in [-0.2, 0) is 14.8 Å². The maximum atomic E-state index is 12.6. The Hall–Kier alpha value is -3.07. The summed E-state index contributed by atoms with van der Waals surface area (Å²) in [5, 5.41) is 0. The molecule has 0 radical (unpaired) electrons. The molecular weight excluding hydrogens is 346 g/mol. The van der Waals surface area contributed by atoms with E-state index in [4.69, 9.17) is 0 Å². The molecule has 0 saturated carbocycles. The van der Waals surface area contributed by atoms with Gasteiger partial charge in [0.05, 0.1) is 34.3 Å². The number of sulfonamides is 1. The highest BCUT2D eigenvalue weighted by Crippen LogP contribution is 2.23. The number of nitrogens with one attached hydrogen (secondary N) is 3. The zero-order chi connectivity index (χ0) is 18.2. The van der Waals surface area contributed by atoms with Gasteiger partial charge in [0.25, 0.3) is 10.0 Å². The van der Waals surface area contributed by atoms with Gasteiger partial charge in [0, 0.05) is 0 Å². The number of methoxy groups -OCH3 is 1. The molecule has 2 aromatic carbocycles. The number of carbonyl (C=O) groups excluding carboxylic acids is 1. The van der Waals surface area contributed by atoms with Crippen molar-refractivity contribution in [2.24, 2.45) is 0 Å². The van der Waals surface area contributed by atoms with Gasteiger partial charge in [-0.2, -0.15) is 0 Å². The number of imidazole rings is 1. The van der Waals surface area contributed by atoms with Crippen LogP contribution in [0.1, 0.15) is 15.9 Å².